The number of anilines is 1. The minimum absolute atomic E-state index is 0.101. The van der Waals surface area contributed by atoms with Crippen LogP contribution in [0.15, 0.2) is 73.1 Å². The molecule has 6 rings (SSSR count). The van der Waals surface area contributed by atoms with Crippen molar-refractivity contribution in [1.82, 2.24) is 24.3 Å². The molecule has 0 radical (unpaired) electrons. The molecule has 1 aliphatic rings. The Hall–Kier alpha value is -4.26. The predicted octanol–water partition coefficient (Wildman–Crippen LogP) is 6.34. The Labute approximate surface area is 228 Å². The summed E-state index contributed by atoms with van der Waals surface area (Å²) in [5, 5.41) is 1.07. The lowest BCUT2D eigenvalue weighted by Gasteiger charge is -2.30. The maximum absolute atomic E-state index is 12.9. The standard InChI is InChI=1S/C32H34N6O/c1-3-37(4-2)32(39)24-13-11-23(12-14-24)31-36-28(29-30(33)34-18-19-38(29)31)25-15-10-22-16-17-26(35-27(22)20-25)21-8-6-5-7-9-21/h5-10,15-20,23-24H,3-4,11-14H2,1-2H3,(H2,33,34). The summed E-state index contributed by atoms with van der Waals surface area (Å²) in [6, 6.07) is 20.7. The topological polar surface area (TPSA) is 89.4 Å². The molecule has 0 aliphatic heterocycles. The summed E-state index contributed by atoms with van der Waals surface area (Å²) >= 11 is 0. The minimum atomic E-state index is 0.101. The molecule has 5 aromatic rings. The molecule has 0 atom stereocenters. The quantitative estimate of drug-likeness (QED) is 0.283. The molecule has 198 valence electrons. The van der Waals surface area contributed by atoms with Crippen LogP contribution in [0, 0.1) is 5.92 Å². The van der Waals surface area contributed by atoms with E-state index in [0.717, 1.165) is 83.5 Å². The van der Waals surface area contributed by atoms with Crippen LogP contribution in [-0.4, -0.2) is 43.2 Å². The molecule has 1 fully saturated rings. The van der Waals surface area contributed by atoms with Crippen LogP contribution in [0.5, 0.6) is 0 Å². The van der Waals surface area contributed by atoms with Gasteiger partial charge in [0.1, 0.15) is 22.9 Å². The van der Waals surface area contributed by atoms with E-state index in [4.69, 9.17) is 15.7 Å². The lowest BCUT2D eigenvalue weighted by atomic mass is 9.81. The van der Waals surface area contributed by atoms with Crippen LogP contribution in [0.2, 0.25) is 0 Å². The molecular formula is C32H34N6O. The second-order valence-electron chi connectivity index (χ2n) is 10.4. The van der Waals surface area contributed by atoms with Gasteiger partial charge in [-0.05, 0) is 51.7 Å². The average Bonchev–Trinajstić information content (AvgIpc) is 3.39. The lowest BCUT2D eigenvalue weighted by Crippen LogP contribution is -2.37. The molecule has 1 aliphatic carbocycles. The molecule has 0 bridgehead atoms. The van der Waals surface area contributed by atoms with Crippen molar-refractivity contribution in [3.05, 3.63) is 78.9 Å². The van der Waals surface area contributed by atoms with E-state index >= 15 is 0 Å². The molecule has 0 spiro atoms. The van der Waals surface area contributed by atoms with Crippen molar-refractivity contribution in [2.45, 2.75) is 45.4 Å². The van der Waals surface area contributed by atoms with Crippen LogP contribution in [0.4, 0.5) is 5.82 Å². The maximum Gasteiger partial charge on any atom is 0.225 e. The SMILES string of the molecule is CCN(CC)C(=O)C1CCC(c2nc(-c3ccc4ccc(-c5ccccc5)nc4c3)c3c(N)nccn23)CC1. The summed E-state index contributed by atoms with van der Waals surface area (Å²) in [6.45, 7) is 5.63. The van der Waals surface area contributed by atoms with Crippen molar-refractivity contribution < 1.29 is 4.79 Å². The van der Waals surface area contributed by atoms with E-state index in [2.05, 4.69) is 65.7 Å². The molecule has 3 heterocycles. The monoisotopic (exact) mass is 518 g/mol. The highest BCUT2D eigenvalue weighted by Crippen LogP contribution is 2.39. The normalized spacial score (nSPS) is 17.5. The van der Waals surface area contributed by atoms with Crippen molar-refractivity contribution in [1.29, 1.82) is 0 Å². The van der Waals surface area contributed by atoms with Gasteiger partial charge < -0.3 is 10.6 Å². The molecule has 2 aromatic carbocycles. The van der Waals surface area contributed by atoms with E-state index < -0.39 is 0 Å². The van der Waals surface area contributed by atoms with Crippen molar-refractivity contribution in [2.24, 2.45) is 5.92 Å². The number of aromatic nitrogens is 4. The number of hydrogen-bond acceptors (Lipinski definition) is 5. The smallest absolute Gasteiger partial charge is 0.225 e. The number of pyridine rings is 1. The number of imidazole rings is 1. The highest BCUT2D eigenvalue weighted by molar-refractivity contribution is 5.91. The van der Waals surface area contributed by atoms with Crippen LogP contribution in [0.1, 0.15) is 51.3 Å². The Morgan fingerprint density at radius 1 is 0.949 bits per heavy atom. The Bertz CT molecular complexity index is 1630. The zero-order valence-electron chi connectivity index (χ0n) is 22.5. The Morgan fingerprint density at radius 3 is 2.44 bits per heavy atom. The van der Waals surface area contributed by atoms with Crippen molar-refractivity contribution in [2.75, 3.05) is 18.8 Å². The summed E-state index contributed by atoms with van der Waals surface area (Å²) in [5.74, 6) is 2.11. The fraction of sp³-hybridized carbons (Fsp3) is 0.312. The Morgan fingerprint density at radius 2 is 1.69 bits per heavy atom. The third-order valence-corrected chi connectivity index (χ3v) is 8.16. The summed E-state index contributed by atoms with van der Waals surface area (Å²) in [6.07, 6.45) is 7.31. The number of carbonyl (C=O) groups is 1. The van der Waals surface area contributed by atoms with E-state index in [0.29, 0.717) is 11.7 Å². The molecule has 1 amide bonds. The molecule has 39 heavy (non-hydrogen) atoms. The highest BCUT2D eigenvalue weighted by atomic mass is 16.2. The highest BCUT2D eigenvalue weighted by Gasteiger charge is 2.32. The van der Waals surface area contributed by atoms with Crippen LogP contribution in [0.3, 0.4) is 0 Å². The number of nitrogens with two attached hydrogens (primary N) is 1. The molecule has 7 heteroatoms. The third kappa shape index (κ3) is 4.62. The Balaban J connectivity index is 1.36. The number of nitrogens with zero attached hydrogens (tertiary/aromatic N) is 5. The van der Waals surface area contributed by atoms with Crippen molar-refractivity contribution in [3.8, 4) is 22.5 Å². The molecular weight excluding hydrogens is 484 g/mol. The minimum Gasteiger partial charge on any atom is -0.382 e. The van der Waals surface area contributed by atoms with Crippen molar-refractivity contribution >= 4 is 28.1 Å². The van der Waals surface area contributed by atoms with E-state index in [1.165, 1.54) is 0 Å². The fourth-order valence-corrected chi connectivity index (χ4v) is 6.00. The number of nitrogen functional groups attached to an aromatic ring is 1. The van der Waals surface area contributed by atoms with Crippen LogP contribution in [0.25, 0.3) is 38.9 Å². The first kappa shape index (κ1) is 25.0. The second kappa shape index (κ2) is 10.5. The number of rotatable bonds is 6. The van der Waals surface area contributed by atoms with E-state index in [1.54, 1.807) is 6.20 Å². The Kier molecular flexibility index (Phi) is 6.73. The van der Waals surface area contributed by atoms with E-state index in [9.17, 15) is 4.79 Å². The van der Waals surface area contributed by atoms with Crippen molar-refractivity contribution in [3.63, 3.8) is 0 Å². The van der Waals surface area contributed by atoms with Crippen LogP contribution in [-0.2, 0) is 4.79 Å². The van der Waals surface area contributed by atoms with Crippen LogP contribution < -0.4 is 5.73 Å². The number of carbonyl (C=O) groups excluding carboxylic acids is 1. The van der Waals surface area contributed by atoms with Gasteiger partial charge in [-0.1, -0.05) is 48.5 Å². The zero-order chi connectivity index (χ0) is 26.9. The van der Waals surface area contributed by atoms with Gasteiger partial charge in [-0.15, -0.1) is 0 Å². The van der Waals surface area contributed by atoms with Gasteiger partial charge >= 0.3 is 0 Å². The first-order valence-corrected chi connectivity index (χ1v) is 13.9. The summed E-state index contributed by atoms with van der Waals surface area (Å²) in [4.78, 5) is 29.4. The summed E-state index contributed by atoms with van der Waals surface area (Å²) in [5.41, 5.74) is 12.0. The van der Waals surface area contributed by atoms with Gasteiger partial charge in [-0.2, -0.15) is 0 Å². The van der Waals surface area contributed by atoms with Gasteiger partial charge in [-0.25, -0.2) is 15.0 Å². The second-order valence-corrected chi connectivity index (χ2v) is 10.4. The van der Waals surface area contributed by atoms with Gasteiger partial charge in [0.2, 0.25) is 5.91 Å². The lowest BCUT2D eigenvalue weighted by molar-refractivity contribution is -0.136. The van der Waals surface area contributed by atoms with E-state index in [-0.39, 0.29) is 11.8 Å². The summed E-state index contributed by atoms with van der Waals surface area (Å²) in [7, 11) is 0. The van der Waals surface area contributed by atoms with Gasteiger partial charge in [0.25, 0.3) is 0 Å². The number of fused-ring (bicyclic) bond motifs is 2. The average molecular weight is 519 g/mol. The number of amides is 1. The van der Waals surface area contributed by atoms with Gasteiger partial charge in [0.15, 0.2) is 0 Å². The number of hydrogen-bond donors (Lipinski definition) is 1. The molecule has 1 saturated carbocycles. The first-order chi connectivity index (χ1) is 19.1. The molecule has 0 unspecified atom stereocenters. The number of benzene rings is 2. The largest absolute Gasteiger partial charge is 0.382 e. The molecule has 7 nitrogen and oxygen atoms in total. The molecule has 3 aromatic heterocycles. The maximum atomic E-state index is 12.9. The van der Waals surface area contributed by atoms with Crippen LogP contribution >= 0.6 is 0 Å². The predicted molar refractivity (Wildman–Crippen MR) is 156 cm³/mol. The van der Waals surface area contributed by atoms with Gasteiger partial charge in [0.05, 0.1) is 11.2 Å². The first-order valence-electron chi connectivity index (χ1n) is 13.9. The van der Waals surface area contributed by atoms with Gasteiger partial charge in [0, 0.05) is 53.8 Å². The molecule has 0 saturated heterocycles. The van der Waals surface area contributed by atoms with Gasteiger partial charge in [-0.3, -0.25) is 9.20 Å². The fourth-order valence-electron chi connectivity index (χ4n) is 6.00. The molecule has 2 N–H and O–H groups in total. The van der Waals surface area contributed by atoms with E-state index in [1.807, 2.05) is 29.3 Å². The zero-order valence-corrected chi connectivity index (χ0v) is 22.5. The summed E-state index contributed by atoms with van der Waals surface area (Å²) < 4.78 is 2.10. The third-order valence-electron chi connectivity index (χ3n) is 8.16.